The van der Waals surface area contributed by atoms with Crippen molar-refractivity contribution in [3.63, 3.8) is 0 Å². The predicted molar refractivity (Wildman–Crippen MR) is 124 cm³/mol. The fourth-order valence-electron chi connectivity index (χ4n) is 2.61. The van der Waals surface area contributed by atoms with Gasteiger partial charge in [-0.2, -0.15) is 0 Å². The SMILES string of the molecule is O=C(Cc1nc(CSc2nnc(NCc3ccccc3)s2)cs1)Nc1ccccc1. The molecule has 6 nitrogen and oxygen atoms in total. The first-order valence-electron chi connectivity index (χ1n) is 9.27. The van der Waals surface area contributed by atoms with Crippen molar-refractivity contribution in [1.82, 2.24) is 15.2 Å². The van der Waals surface area contributed by atoms with Crippen LogP contribution in [0, 0.1) is 0 Å². The van der Waals surface area contributed by atoms with Crippen molar-refractivity contribution in [2.75, 3.05) is 10.6 Å². The average Bonchev–Trinajstić information content (AvgIpc) is 3.41. The number of carbonyl (C=O) groups excluding carboxylic acids is 1. The van der Waals surface area contributed by atoms with Gasteiger partial charge in [-0.25, -0.2) is 4.98 Å². The minimum atomic E-state index is -0.0620. The minimum Gasteiger partial charge on any atom is -0.356 e. The van der Waals surface area contributed by atoms with E-state index in [9.17, 15) is 4.79 Å². The number of thiazole rings is 1. The summed E-state index contributed by atoms with van der Waals surface area (Å²) in [5, 5.41) is 18.2. The lowest BCUT2D eigenvalue weighted by molar-refractivity contribution is -0.115. The first-order valence-corrected chi connectivity index (χ1v) is 11.9. The molecule has 0 unspecified atom stereocenters. The summed E-state index contributed by atoms with van der Waals surface area (Å²) >= 11 is 4.63. The summed E-state index contributed by atoms with van der Waals surface area (Å²) in [6, 6.07) is 19.6. The van der Waals surface area contributed by atoms with Crippen LogP contribution in [-0.4, -0.2) is 21.1 Å². The molecule has 2 heterocycles. The molecule has 0 saturated heterocycles. The molecule has 0 radical (unpaired) electrons. The Balaban J connectivity index is 1.23. The van der Waals surface area contributed by atoms with E-state index in [0.29, 0.717) is 5.75 Å². The number of para-hydroxylation sites is 1. The van der Waals surface area contributed by atoms with Crippen LogP contribution in [0.1, 0.15) is 16.3 Å². The van der Waals surface area contributed by atoms with Gasteiger partial charge in [-0.1, -0.05) is 71.6 Å². The van der Waals surface area contributed by atoms with E-state index in [-0.39, 0.29) is 12.3 Å². The van der Waals surface area contributed by atoms with Crippen LogP contribution in [0.2, 0.25) is 0 Å². The Morgan fingerprint density at radius 3 is 2.57 bits per heavy atom. The second-order valence-electron chi connectivity index (χ2n) is 6.32. The number of nitrogens with one attached hydrogen (secondary N) is 2. The molecule has 2 aromatic heterocycles. The zero-order chi connectivity index (χ0) is 20.6. The molecule has 0 spiro atoms. The maximum absolute atomic E-state index is 12.2. The van der Waals surface area contributed by atoms with Crippen molar-refractivity contribution in [1.29, 1.82) is 0 Å². The van der Waals surface area contributed by atoms with Crippen molar-refractivity contribution in [2.24, 2.45) is 0 Å². The summed E-state index contributed by atoms with van der Waals surface area (Å²) in [6.45, 7) is 0.723. The van der Waals surface area contributed by atoms with E-state index in [1.54, 1.807) is 11.8 Å². The van der Waals surface area contributed by atoms with E-state index >= 15 is 0 Å². The number of hydrogen-bond acceptors (Lipinski definition) is 8. The zero-order valence-electron chi connectivity index (χ0n) is 15.9. The molecule has 0 aliphatic rings. The third-order valence-corrected chi connectivity index (χ3v) is 6.95. The summed E-state index contributed by atoms with van der Waals surface area (Å²) in [5.41, 5.74) is 2.94. The van der Waals surface area contributed by atoms with Gasteiger partial charge in [0.05, 0.1) is 12.1 Å². The van der Waals surface area contributed by atoms with Crippen LogP contribution >= 0.6 is 34.4 Å². The number of carbonyl (C=O) groups is 1. The van der Waals surface area contributed by atoms with E-state index in [1.807, 2.05) is 53.9 Å². The Morgan fingerprint density at radius 2 is 1.77 bits per heavy atom. The molecular formula is C21H19N5OS3. The Kier molecular flexibility index (Phi) is 7.07. The molecule has 152 valence electrons. The minimum absolute atomic E-state index is 0.0620. The van der Waals surface area contributed by atoms with E-state index in [0.717, 1.165) is 32.4 Å². The van der Waals surface area contributed by atoms with Crippen LogP contribution in [0.15, 0.2) is 70.4 Å². The van der Waals surface area contributed by atoms with Crippen molar-refractivity contribution in [3.05, 3.63) is 82.3 Å². The molecular weight excluding hydrogens is 434 g/mol. The van der Waals surface area contributed by atoms with E-state index < -0.39 is 0 Å². The number of aromatic nitrogens is 3. The first-order chi connectivity index (χ1) is 14.7. The van der Waals surface area contributed by atoms with Gasteiger partial charge in [-0.15, -0.1) is 21.5 Å². The van der Waals surface area contributed by atoms with Crippen LogP contribution in [0.25, 0.3) is 0 Å². The van der Waals surface area contributed by atoms with Crippen molar-refractivity contribution < 1.29 is 4.79 Å². The normalized spacial score (nSPS) is 10.7. The van der Waals surface area contributed by atoms with Crippen LogP contribution in [0.4, 0.5) is 10.8 Å². The van der Waals surface area contributed by atoms with Gasteiger partial charge in [-0.05, 0) is 17.7 Å². The molecule has 2 aromatic carbocycles. The molecule has 2 N–H and O–H groups in total. The van der Waals surface area contributed by atoms with Gasteiger partial charge in [0.1, 0.15) is 5.01 Å². The number of benzene rings is 2. The van der Waals surface area contributed by atoms with Crippen LogP contribution < -0.4 is 10.6 Å². The highest BCUT2D eigenvalue weighted by atomic mass is 32.2. The third kappa shape index (κ3) is 6.12. The lowest BCUT2D eigenvalue weighted by atomic mass is 10.2. The number of thioether (sulfide) groups is 1. The molecule has 1 amide bonds. The van der Waals surface area contributed by atoms with Gasteiger partial charge in [0.25, 0.3) is 0 Å². The molecule has 4 aromatic rings. The summed E-state index contributed by atoms with van der Waals surface area (Å²) in [5.74, 6) is 0.637. The summed E-state index contributed by atoms with van der Waals surface area (Å²) in [4.78, 5) is 16.7. The predicted octanol–water partition coefficient (Wildman–Crippen LogP) is 5.08. The van der Waals surface area contributed by atoms with Gasteiger partial charge in [0.2, 0.25) is 11.0 Å². The quantitative estimate of drug-likeness (QED) is 0.344. The van der Waals surface area contributed by atoms with Crippen LogP contribution in [0.3, 0.4) is 0 Å². The van der Waals surface area contributed by atoms with Crippen molar-refractivity contribution in [2.45, 2.75) is 23.1 Å². The van der Waals surface area contributed by atoms with Gasteiger partial charge in [0, 0.05) is 23.4 Å². The molecule has 0 fully saturated rings. The highest BCUT2D eigenvalue weighted by Crippen LogP contribution is 2.29. The lowest BCUT2D eigenvalue weighted by Gasteiger charge is -2.02. The average molecular weight is 454 g/mol. The number of rotatable bonds is 9. The maximum atomic E-state index is 12.2. The van der Waals surface area contributed by atoms with Gasteiger partial charge < -0.3 is 10.6 Å². The van der Waals surface area contributed by atoms with E-state index in [4.69, 9.17) is 0 Å². The summed E-state index contributed by atoms with van der Waals surface area (Å²) < 4.78 is 0.891. The van der Waals surface area contributed by atoms with Gasteiger partial charge in [0.15, 0.2) is 4.34 Å². The van der Waals surface area contributed by atoms with E-state index in [1.165, 1.54) is 28.2 Å². The Morgan fingerprint density at radius 1 is 1.00 bits per heavy atom. The van der Waals surface area contributed by atoms with E-state index in [2.05, 4.69) is 37.9 Å². The molecule has 30 heavy (non-hydrogen) atoms. The highest BCUT2D eigenvalue weighted by Gasteiger charge is 2.10. The molecule has 0 bridgehead atoms. The third-order valence-electron chi connectivity index (χ3n) is 4.01. The monoisotopic (exact) mass is 453 g/mol. The van der Waals surface area contributed by atoms with Crippen LogP contribution in [0.5, 0.6) is 0 Å². The second kappa shape index (κ2) is 10.3. The smallest absolute Gasteiger partial charge is 0.231 e. The number of anilines is 2. The van der Waals surface area contributed by atoms with Gasteiger partial charge >= 0.3 is 0 Å². The number of nitrogens with zero attached hydrogens (tertiary/aromatic N) is 3. The summed E-state index contributed by atoms with van der Waals surface area (Å²) in [7, 11) is 0. The Hall–Kier alpha value is -2.75. The fraction of sp³-hybridized carbons (Fsp3) is 0.143. The molecule has 0 atom stereocenters. The molecule has 9 heteroatoms. The standard InChI is InChI=1S/C21H19N5OS3/c27-18(23-16-9-5-2-6-10-16)11-19-24-17(13-28-19)14-29-21-26-25-20(30-21)22-12-15-7-3-1-4-8-15/h1-10,13H,11-12,14H2,(H,22,25)(H,23,27). The van der Waals surface area contributed by atoms with Crippen LogP contribution in [-0.2, 0) is 23.5 Å². The fourth-order valence-corrected chi connectivity index (χ4v) is 5.15. The lowest BCUT2D eigenvalue weighted by Crippen LogP contribution is -2.14. The summed E-state index contributed by atoms with van der Waals surface area (Å²) in [6.07, 6.45) is 0.274. The first kappa shape index (κ1) is 20.5. The van der Waals surface area contributed by atoms with Gasteiger partial charge in [-0.3, -0.25) is 4.79 Å². The molecule has 0 aliphatic carbocycles. The zero-order valence-corrected chi connectivity index (χ0v) is 18.4. The number of amides is 1. The van der Waals surface area contributed by atoms with Crippen molar-refractivity contribution in [3.8, 4) is 0 Å². The topological polar surface area (TPSA) is 79.8 Å². The highest BCUT2D eigenvalue weighted by molar-refractivity contribution is 8.00. The molecule has 4 rings (SSSR count). The largest absolute Gasteiger partial charge is 0.356 e. The Bertz CT molecular complexity index is 1080. The molecule has 0 saturated carbocycles. The second-order valence-corrected chi connectivity index (χ2v) is 9.47. The molecule has 0 aliphatic heterocycles. The Labute approximate surface area is 186 Å². The van der Waals surface area contributed by atoms with Crippen molar-refractivity contribution >= 4 is 51.2 Å². The maximum Gasteiger partial charge on any atom is 0.231 e. The number of hydrogen-bond donors (Lipinski definition) is 2.